The number of aromatic nitrogens is 2. The molecule has 1 N–H and O–H groups in total. The standard InChI is InChI=1S/C31H31FN4O/c1-22-5-4-6-24(19-22)29-13-15-33-30(35-29)21-26-20-25(9-12-28(26)32)31(37)34-27-10-7-23(8-11-27)14-18-36-16-2-3-17-36/h4-13,15,19-20H,2-3,14,16-18,21H2,1H3,(H,34,37). The summed E-state index contributed by atoms with van der Waals surface area (Å²) in [4.78, 5) is 24.4. The molecular weight excluding hydrogens is 463 g/mol. The van der Waals surface area contributed by atoms with Crippen molar-refractivity contribution in [3.05, 3.63) is 113 Å². The van der Waals surface area contributed by atoms with Gasteiger partial charge in [0.15, 0.2) is 0 Å². The molecule has 3 aromatic carbocycles. The van der Waals surface area contributed by atoms with Gasteiger partial charge in [0, 0.05) is 36.0 Å². The summed E-state index contributed by atoms with van der Waals surface area (Å²) >= 11 is 0. The quantitative estimate of drug-likeness (QED) is 0.323. The maximum atomic E-state index is 14.7. The van der Waals surface area contributed by atoms with Gasteiger partial charge in [-0.2, -0.15) is 0 Å². The second-order valence-corrected chi connectivity index (χ2v) is 9.66. The monoisotopic (exact) mass is 494 g/mol. The van der Waals surface area contributed by atoms with Gasteiger partial charge in [0.1, 0.15) is 11.6 Å². The Hall–Kier alpha value is -3.90. The Morgan fingerprint density at radius 3 is 2.59 bits per heavy atom. The molecule has 1 amide bonds. The number of hydrogen-bond donors (Lipinski definition) is 1. The summed E-state index contributed by atoms with van der Waals surface area (Å²) in [6.07, 6.45) is 5.47. The lowest BCUT2D eigenvalue weighted by atomic mass is 10.1. The summed E-state index contributed by atoms with van der Waals surface area (Å²) in [5.41, 5.74) is 5.65. The van der Waals surface area contributed by atoms with Gasteiger partial charge in [0.25, 0.3) is 5.91 Å². The van der Waals surface area contributed by atoms with Crippen LogP contribution >= 0.6 is 0 Å². The molecular formula is C31H31FN4O. The Labute approximate surface area is 217 Å². The number of aryl methyl sites for hydroxylation is 1. The highest BCUT2D eigenvalue weighted by Gasteiger charge is 2.14. The Morgan fingerprint density at radius 1 is 1.00 bits per heavy atom. The van der Waals surface area contributed by atoms with Gasteiger partial charge in [-0.1, -0.05) is 35.9 Å². The number of nitrogens with one attached hydrogen (secondary N) is 1. The van der Waals surface area contributed by atoms with Crippen LogP contribution in [-0.2, 0) is 12.8 Å². The van der Waals surface area contributed by atoms with E-state index in [-0.39, 0.29) is 18.1 Å². The summed E-state index contributed by atoms with van der Waals surface area (Å²) in [5.74, 6) is -0.163. The van der Waals surface area contributed by atoms with Gasteiger partial charge in [0.2, 0.25) is 0 Å². The van der Waals surface area contributed by atoms with Crippen molar-refractivity contribution in [2.75, 3.05) is 25.0 Å². The molecule has 0 radical (unpaired) electrons. The summed E-state index contributed by atoms with van der Waals surface area (Å²) in [7, 11) is 0. The van der Waals surface area contributed by atoms with Crippen molar-refractivity contribution in [1.82, 2.24) is 14.9 Å². The summed E-state index contributed by atoms with van der Waals surface area (Å²) < 4.78 is 14.7. The first-order valence-electron chi connectivity index (χ1n) is 12.8. The van der Waals surface area contributed by atoms with Crippen molar-refractivity contribution >= 4 is 11.6 Å². The summed E-state index contributed by atoms with van der Waals surface area (Å²) in [6, 6.07) is 22.3. The third-order valence-electron chi connectivity index (χ3n) is 6.80. The molecule has 0 atom stereocenters. The highest BCUT2D eigenvalue weighted by atomic mass is 19.1. The van der Waals surface area contributed by atoms with E-state index in [2.05, 4.69) is 38.4 Å². The van der Waals surface area contributed by atoms with Gasteiger partial charge in [-0.15, -0.1) is 0 Å². The molecule has 0 unspecified atom stereocenters. The fourth-order valence-electron chi connectivity index (χ4n) is 4.72. The molecule has 6 heteroatoms. The second-order valence-electron chi connectivity index (χ2n) is 9.66. The van der Waals surface area contributed by atoms with E-state index in [1.165, 1.54) is 43.6 Å². The highest BCUT2D eigenvalue weighted by molar-refractivity contribution is 6.04. The lowest BCUT2D eigenvalue weighted by molar-refractivity contribution is 0.102. The number of nitrogens with zero attached hydrogens (tertiary/aromatic N) is 3. The average Bonchev–Trinajstić information content (AvgIpc) is 3.43. The van der Waals surface area contributed by atoms with E-state index in [9.17, 15) is 9.18 Å². The SMILES string of the molecule is Cc1cccc(-c2ccnc(Cc3cc(C(=O)Nc4ccc(CCN5CCCC5)cc4)ccc3F)n2)c1. The zero-order valence-electron chi connectivity index (χ0n) is 21.1. The predicted molar refractivity (Wildman–Crippen MR) is 145 cm³/mol. The molecule has 0 spiro atoms. The lowest BCUT2D eigenvalue weighted by Crippen LogP contribution is -2.21. The number of anilines is 1. The fraction of sp³-hybridized carbons (Fsp3) is 0.258. The normalized spacial score (nSPS) is 13.6. The zero-order chi connectivity index (χ0) is 25.6. The van der Waals surface area contributed by atoms with Gasteiger partial charge in [-0.3, -0.25) is 4.79 Å². The topological polar surface area (TPSA) is 58.1 Å². The van der Waals surface area contributed by atoms with Crippen LogP contribution < -0.4 is 5.32 Å². The van der Waals surface area contributed by atoms with Crippen LogP contribution in [0.15, 0.2) is 79.0 Å². The number of carbonyl (C=O) groups is 1. The number of benzene rings is 3. The molecule has 0 saturated carbocycles. The van der Waals surface area contributed by atoms with E-state index in [4.69, 9.17) is 0 Å². The smallest absolute Gasteiger partial charge is 0.255 e. The highest BCUT2D eigenvalue weighted by Crippen LogP contribution is 2.20. The number of carbonyl (C=O) groups excluding carboxylic acids is 1. The summed E-state index contributed by atoms with van der Waals surface area (Å²) in [6.45, 7) is 5.49. The predicted octanol–water partition coefficient (Wildman–Crippen LogP) is 6.07. The largest absolute Gasteiger partial charge is 0.322 e. The molecule has 5 rings (SSSR count). The van der Waals surface area contributed by atoms with E-state index in [0.717, 1.165) is 35.5 Å². The van der Waals surface area contributed by atoms with Crippen LogP contribution in [-0.4, -0.2) is 40.4 Å². The molecule has 188 valence electrons. The molecule has 0 bridgehead atoms. The van der Waals surface area contributed by atoms with E-state index < -0.39 is 0 Å². The van der Waals surface area contributed by atoms with Gasteiger partial charge in [0.05, 0.1) is 5.69 Å². The number of rotatable bonds is 8. The Morgan fingerprint density at radius 2 is 1.81 bits per heavy atom. The van der Waals surface area contributed by atoms with Crippen LogP contribution in [0.5, 0.6) is 0 Å². The van der Waals surface area contributed by atoms with Crippen molar-refractivity contribution in [1.29, 1.82) is 0 Å². The van der Waals surface area contributed by atoms with Crippen LogP contribution in [0.1, 0.15) is 45.7 Å². The van der Waals surface area contributed by atoms with Crippen molar-refractivity contribution in [3.8, 4) is 11.3 Å². The Balaban J connectivity index is 1.24. The number of halogens is 1. The molecule has 4 aromatic rings. The molecule has 1 saturated heterocycles. The first kappa shape index (κ1) is 24.8. The average molecular weight is 495 g/mol. The van der Waals surface area contributed by atoms with Crippen molar-refractivity contribution < 1.29 is 9.18 Å². The minimum Gasteiger partial charge on any atom is -0.322 e. The van der Waals surface area contributed by atoms with Crippen LogP contribution in [0.4, 0.5) is 10.1 Å². The maximum Gasteiger partial charge on any atom is 0.255 e. The minimum absolute atomic E-state index is 0.193. The molecule has 37 heavy (non-hydrogen) atoms. The molecule has 1 aliphatic heterocycles. The molecule has 1 aromatic heterocycles. The molecule has 1 fully saturated rings. The van der Waals surface area contributed by atoms with E-state index in [1.807, 2.05) is 43.3 Å². The lowest BCUT2D eigenvalue weighted by Gasteiger charge is -2.14. The van der Waals surface area contributed by atoms with E-state index in [1.54, 1.807) is 12.3 Å². The van der Waals surface area contributed by atoms with Gasteiger partial charge in [-0.25, -0.2) is 14.4 Å². The minimum atomic E-state index is -0.386. The Bertz CT molecular complexity index is 1380. The first-order valence-corrected chi connectivity index (χ1v) is 12.8. The maximum absolute atomic E-state index is 14.7. The Kier molecular flexibility index (Phi) is 7.66. The van der Waals surface area contributed by atoms with E-state index >= 15 is 0 Å². The van der Waals surface area contributed by atoms with E-state index in [0.29, 0.717) is 17.0 Å². The van der Waals surface area contributed by atoms with Gasteiger partial charge in [-0.05, 0) is 92.9 Å². The molecule has 1 aliphatic rings. The van der Waals surface area contributed by atoms with Gasteiger partial charge < -0.3 is 10.2 Å². The van der Waals surface area contributed by atoms with Crippen molar-refractivity contribution in [3.63, 3.8) is 0 Å². The van der Waals surface area contributed by atoms with Crippen LogP contribution in [0, 0.1) is 12.7 Å². The van der Waals surface area contributed by atoms with Crippen molar-refractivity contribution in [2.24, 2.45) is 0 Å². The number of likely N-dealkylation sites (tertiary alicyclic amines) is 1. The molecule has 0 aliphatic carbocycles. The first-order chi connectivity index (χ1) is 18.0. The van der Waals surface area contributed by atoms with Crippen LogP contribution in [0.3, 0.4) is 0 Å². The van der Waals surface area contributed by atoms with Crippen molar-refractivity contribution in [2.45, 2.75) is 32.6 Å². The second kappa shape index (κ2) is 11.4. The van der Waals surface area contributed by atoms with Crippen LogP contribution in [0.25, 0.3) is 11.3 Å². The fourth-order valence-corrected chi connectivity index (χ4v) is 4.72. The summed E-state index contributed by atoms with van der Waals surface area (Å²) in [5, 5.41) is 2.93. The molecule has 2 heterocycles. The zero-order valence-corrected chi connectivity index (χ0v) is 21.1. The van der Waals surface area contributed by atoms with Gasteiger partial charge >= 0.3 is 0 Å². The number of hydrogen-bond acceptors (Lipinski definition) is 4. The third-order valence-corrected chi connectivity index (χ3v) is 6.80. The number of amides is 1. The van der Waals surface area contributed by atoms with Crippen LogP contribution in [0.2, 0.25) is 0 Å². The third kappa shape index (κ3) is 6.46. The molecule has 5 nitrogen and oxygen atoms in total.